The Morgan fingerprint density at radius 2 is 2.00 bits per heavy atom. The molecule has 0 bridgehead atoms. The Bertz CT molecular complexity index is 384. The number of rotatable bonds is 5. The summed E-state index contributed by atoms with van der Waals surface area (Å²) in [7, 11) is 0. The summed E-state index contributed by atoms with van der Waals surface area (Å²) in [5, 5.41) is 3.46. The second-order valence-corrected chi connectivity index (χ2v) is 4.66. The number of epoxide rings is 2. The smallest absolute Gasteiger partial charge is 0.0981 e. The molecule has 2 atom stereocenters. The normalized spacial score (nSPS) is 26.6. The van der Waals surface area contributed by atoms with Crippen LogP contribution >= 0.6 is 0 Å². The summed E-state index contributed by atoms with van der Waals surface area (Å²) < 4.78 is 10.5. The minimum Gasteiger partial charge on any atom is -0.382 e. The average Bonchev–Trinajstić information content (AvgIpc) is 3.12. The predicted octanol–water partition coefficient (Wildman–Crippen LogP) is 1.75. The number of nitrogens with one attached hydrogen (secondary N) is 1. The zero-order valence-electron chi connectivity index (χ0n) is 9.53. The predicted molar refractivity (Wildman–Crippen MR) is 62.9 cm³/mol. The molecule has 0 radical (unpaired) electrons. The first-order chi connectivity index (χ1) is 7.81. The lowest BCUT2D eigenvalue weighted by atomic mass is 10.0. The van der Waals surface area contributed by atoms with E-state index in [4.69, 9.17) is 9.47 Å². The summed E-state index contributed by atoms with van der Waals surface area (Å²) in [6.07, 6.45) is 1.89. The van der Waals surface area contributed by atoms with Crippen LogP contribution < -0.4 is 5.32 Å². The van der Waals surface area contributed by atoms with Crippen LogP contribution in [0.4, 0.5) is 5.69 Å². The van der Waals surface area contributed by atoms with Crippen LogP contribution in [0.15, 0.2) is 18.2 Å². The molecule has 16 heavy (non-hydrogen) atoms. The van der Waals surface area contributed by atoms with Crippen LogP contribution in [0.2, 0.25) is 0 Å². The fourth-order valence-electron chi connectivity index (χ4n) is 1.90. The summed E-state index contributed by atoms with van der Waals surface area (Å²) in [6.45, 7) is 4.87. The van der Waals surface area contributed by atoms with Crippen molar-refractivity contribution in [2.75, 3.05) is 25.1 Å². The van der Waals surface area contributed by atoms with E-state index in [1.54, 1.807) is 0 Å². The molecule has 2 aliphatic rings. The van der Waals surface area contributed by atoms with Gasteiger partial charge in [-0.15, -0.1) is 0 Å². The van der Waals surface area contributed by atoms with Crippen LogP contribution in [0.1, 0.15) is 11.1 Å². The number of ether oxygens (including phenoxy) is 2. The fourth-order valence-corrected chi connectivity index (χ4v) is 1.90. The monoisotopic (exact) mass is 219 g/mol. The molecule has 2 unspecified atom stereocenters. The average molecular weight is 219 g/mol. The number of benzene rings is 1. The van der Waals surface area contributed by atoms with Gasteiger partial charge in [-0.25, -0.2) is 0 Å². The van der Waals surface area contributed by atoms with Crippen LogP contribution in [-0.2, 0) is 15.9 Å². The molecule has 86 valence electrons. The van der Waals surface area contributed by atoms with Crippen LogP contribution in [-0.4, -0.2) is 32.0 Å². The van der Waals surface area contributed by atoms with Gasteiger partial charge < -0.3 is 14.8 Å². The van der Waals surface area contributed by atoms with E-state index in [-0.39, 0.29) is 0 Å². The van der Waals surface area contributed by atoms with Gasteiger partial charge in [0.15, 0.2) is 0 Å². The number of anilines is 1. The molecule has 1 aromatic carbocycles. The van der Waals surface area contributed by atoms with Gasteiger partial charge in [0.25, 0.3) is 0 Å². The molecule has 0 amide bonds. The largest absolute Gasteiger partial charge is 0.382 e. The van der Waals surface area contributed by atoms with Crippen molar-refractivity contribution in [3.63, 3.8) is 0 Å². The summed E-state index contributed by atoms with van der Waals surface area (Å²) in [6, 6.07) is 6.56. The Hall–Kier alpha value is -1.06. The van der Waals surface area contributed by atoms with E-state index in [2.05, 4.69) is 30.4 Å². The van der Waals surface area contributed by atoms with E-state index in [9.17, 15) is 0 Å². The van der Waals surface area contributed by atoms with Crippen molar-refractivity contribution in [1.82, 2.24) is 0 Å². The molecule has 2 fully saturated rings. The van der Waals surface area contributed by atoms with E-state index in [0.717, 1.165) is 26.2 Å². The highest BCUT2D eigenvalue weighted by Crippen LogP contribution is 2.24. The van der Waals surface area contributed by atoms with Gasteiger partial charge >= 0.3 is 0 Å². The lowest BCUT2D eigenvalue weighted by molar-refractivity contribution is 0.407. The summed E-state index contributed by atoms with van der Waals surface area (Å²) >= 11 is 0. The minimum absolute atomic E-state index is 0.423. The molecule has 3 nitrogen and oxygen atoms in total. The third-order valence-electron chi connectivity index (χ3n) is 3.03. The standard InChI is InChI=1S/C13H17NO2/c1-9-2-3-13(14-6-12-8-16-12)10(4-9)5-11-7-15-11/h2-4,11-12,14H,5-8H2,1H3. The van der Waals surface area contributed by atoms with Crippen LogP contribution in [0.3, 0.4) is 0 Å². The first-order valence-electron chi connectivity index (χ1n) is 5.88. The van der Waals surface area contributed by atoms with E-state index in [1.807, 2.05) is 0 Å². The van der Waals surface area contributed by atoms with E-state index in [0.29, 0.717) is 12.2 Å². The molecule has 2 aliphatic heterocycles. The second kappa shape index (κ2) is 4.07. The minimum atomic E-state index is 0.423. The van der Waals surface area contributed by atoms with E-state index >= 15 is 0 Å². The molecule has 0 aromatic heterocycles. The summed E-state index contributed by atoms with van der Waals surface area (Å²) in [5.74, 6) is 0. The summed E-state index contributed by atoms with van der Waals surface area (Å²) in [5.41, 5.74) is 3.91. The molecule has 0 saturated carbocycles. The van der Waals surface area contributed by atoms with Crippen molar-refractivity contribution in [2.45, 2.75) is 25.6 Å². The molecule has 0 aliphatic carbocycles. The molecule has 2 saturated heterocycles. The van der Waals surface area contributed by atoms with Gasteiger partial charge in [-0.05, 0) is 18.6 Å². The maximum atomic E-state index is 5.29. The molecular weight excluding hydrogens is 202 g/mol. The topological polar surface area (TPSA) is 37.1 Å². The van der Waals surface area contributed by atoms with Gasteiger partial charge in [-0.2, -0.15) is 0 Å². The molecule has 3 rings (SSSR count). The lowest BCUT2D eigenvalue weighted by Gasteiger charge is -2.11. The quantitative estimate of drug-likeness (QED) is 0.766. The highest BCUT2D eigenvalue weighted by atomic mass is 16.6. The number of hydrogen-bond donors (Lipinski definition) is 1. The SMILES string of the molecule is Cc1ccc(NCC2CO2)c(CC2CO2)c1. The Morgan fingerprint density at radius 3 is 2.69 bits per heavy atom. The van der Waals surface area contributed by atoms with Gasteiger partial charge in [0, 0.05) is 18.7 Å². The van der Waals surface area contributed by atoms with Gasteiger partial charge in [0.1, 0.15) is 0 Å². The molecule has 2 heterocycles. The molecular formula is C13H17NO2. The first-order valence-corrected chi connectivity index (χ1v) is 5.88. The third-order valence-corrected chi connectivity index (χ3v) is 3.03. The van der Waals surface area contributed by atoms with E-state index in [1.165, 1.54) is 16.8 Å². The lowest BCUT2D eigenvalue weighted by Crippen LogP contribution is -2.10. The van der Waals surface area contributed by atoms with E-state index < -0.39 is 0 Å². The van der Waals surface area contributed by atoms with Crippen molar-refractivity contribution in [3.8, 4) is 0 Å². The summed E-state index contributed by atoms with van der Waals surface area (Å²) in [4.78, 5) is 0. The Balaban J connectivity index is 1.71. The maximum Gasteiger partial charge on any atom is 0.0981 e. The van der Waals surface area contributed by atoms with Gasteiger partial charge in [-0.3, -0.25) is 0 Å². The molecule has 1 aromatic rings. The van der Waals surface area contributed by atoms with Crippen LogP contribution in [0, 0.1) is 6.92 Å². The molecule has 0 spiro atoms. The van der Waals surface area contributed by atoms with Crippen molar-refractivity contribution >= 4 is 5.69 Å². The van der Waals surface area contributed by atoms with Gasteiger partial charge in [0.2, 0.25) is 0 Å². The number of aryl methyl sites for hydroxylation is 1. The highest BCUT2D eigenvalue weighted by molar-refractivity contribution is 5.53. The molecule has 3 heteroatoms. The highest BCUT2D eigenvalue weighted by Gasteiger charge is 2.25. The van der Waals surface area contributed by atoms with Crippen LogP contribution in [0.5, 0.6) is 0 Å². The van der Waals surface area contributed by atoms with Crippen molar-refractivity contribution in [2.24, 2.45) is 0 Å². The Morgan fingerprint density at radius 1 is 1.25 bits per heavy atom. The Labute approximate surface area is 95.8 Å². The fraction of sp³-hybridized carbons (Fsp3) is 0.538. The van der Waals surface area contributed by atoms with Crippen molar-refractivity contribution in [1.29, 1.82) is 0 Å². The molecule has 1 N–H and O–H groups in total. The van der Waals surface area contributed by atoms with Crippen molar-refractivity contribution in [3.05, 3.63) is 29.3 Å². The second-order valence-electron chi connectivity index (χ2n) is 4.66. The van der Waals surface area contributed by atoms with Crippen molar-refractivity contribution < 1.29 is 9.47 Å². The Kier molecular flexibility index (Phi) is 2.58. The third kappa shape index (κ3) is 2.54. The number of hydrogen-bond acceptors (Lipinski definition) is 3. The van der Waals surface area contributed by atoms with Gasteiger partial charge in [0.05, 0.1) is 25.4 Å². The maximum absolute atomic E-state index is 5.29. The van der Waals surface area contributed by atoms with Crippen LogP contribution in [0.25, 0.3) is 0 Å². The zero-order valence-corrected chi connectivity index (χ0v) is 9.53. The van der Waals surface area contributed by atoms with Gasteiger partial charge in [-0.1, -0.05) is 17.7 Å². The first kappa shape index (κ1) is 10.1. The zero-order chi connectivity index (χ0) is 11.0.